The molecule has 5 nitrogen and oxygen atoms in total. The Kier molecular flexibility index (Phi) is 5.41. The average molecular weight is 242 g/mol. The molecule has 5 heteroatoms. The monoisotopic (exact) mass is 242 g/mol. The van der Waals surface area contributed by atoms with Gasteiger partial charge in [-0.15, -0.1) is 0 Å². The third-order valence-electron chi connectivity index (χ3n) is 2.95. The molecule has 17 heavy (non-hydrogen) atoms. The lowest BCUT2D eigenvalue weighted by molar-refractivity contribution is -0.142. The second-order valence-electron chi connectivity index (χ2n) is 5.03. The van der Waals surface area contributed by atoms with E-state index >= 15 is 0 Å². The largest absolute Gasteiger partial charge is 0.480 e. The highest BCUT2D eigenvalue weighted by Crippen LogP contribution is 2.09. The first-order valence-electron chi connectivity index (χ1n) is 6.27. The van der Waals surface area contributed by atoms with Gasteiger partial charge in [-0.05, 0) is 31.7 Å². The number of aliphatic carboxylic acids is 1. The molecule has 2 atom stereocenters. The van der Waals surface area contributed by atoms with Crippen LogP contribution in [0.2, 0.25) is 0 Å². The van der Waals surface area contributed by atoms with E-state index < -0.39 is 12.0 Å². The van der Waals surface area contributed by atoms with Crippen LogP contribution < -0.4 is 10.6 Å². The van der Waals surface area contributed by atoms with Gasteiger partial charge in [0.05, 0.1) is 6.04 Å². The first kappa shape index (κ1) is 14.0. The smallest absolute Gasteiger partial charge is 0.326 e. The SMILES string of the molecule is CC(C)C[C@H](NC(=O)[C@@H]1CCCCN1)C(=O)O. The minimum Gasteiger partial charge on any atom is -0.480 e. The lowest BCUT2D eigenvalue weighted by Crippen LogP contribution is -2.51. The molecule has 0 saturated carbocycles. The van der Waals surface area contributed by atoms with Gasteiger partial charge in [-0.2, -0.15) is 0 Å². The van der Waals surface area contributed by atoms with Crippen molar-refractivity contribution in [3.63, 3.8) is 0 Å². The summed E-state index contributed by atoms with van der Waals surface area (Å²) in [6.07, 6.45) is 3.36. The van der Waals surface area contributed by atoms with E-state index in [1.165, 1.54) is 0 Å². The molecule has 1 rings (SSSR count). The average Bonchev–Trinajstić information content (AvgIpc) is 2.28. The number of rotatable bonds is 5. The van der Waals surface area contributed by atoms with E-state index in [2.05, 4.69) is 10.6 Å². The Labute approximate surface area is 102 Å². The van der Waals surface area contributed by atoms with Crippen LogP contribution in [0.15, 0.2) is 0 Å². The molecule has 0 unspecified atom stereocenters. The highest BCUT2D eigenvalue weighted by molar-refractivity contribution is 5.86. The fourth-order valence-electron chi connectivity index (χ4n) is 2.04. The van der Waals surface area contributed by atoms with Crippen LogP contribution in [0.1, 0.15) is 39.5 Å². The van der Waals surface area contributed by atoms with Crippen molar-refractivity contribution in [2.45, 2.75) is 51.6 Å². The van der Waals surface area contributed by atoms with Crippen LogP contribution in [0.3, 0.4) is 0 Å². The zero-order valence-corrected chi connectivity index (χ0v) is 10.5. The summed E-state index contributed by atoms with van der Waals surface area (Å²) in [5, 5.41) is 14.8. The van der Waals surface area contributed by atoms with Crippen LogP contribution in [0.5, 0.6) is 0 Å². The number of nitrogens with one attached hydrogen (secondary N) is 2. The number of carbonyl (C=O) groups is 2. The number of carboxylic acids is 1. The predicted molar refractivity (Wildman–Crippen MR) is 64.7 cm³/mol. The van der Waals surface area contributed by atoms with E-state index in [1.54, 1.807) is 0 Å². The molecule has 0 aromatic rings. The Morgan fingerprint density at radius 3 is 2.59 bits per heavy atom. The maximum atomic E-state index is 11.9. The molecule has 1 aliphatic heterocycles. The zero-order valence-electron chi connectivity index (χ0n) is 10.5. The van der Waals surface area contributed by atoms with Crippen molar-refractivity contribution in [3.8, 4) is 0 Å². The summed E-state index contributed by atoms with van der Waals surface area (Å²) in [6.45, 7) is 4.72. The molecular formula is C12H22N2O3. The van der Waals surface area contributed by atoms with Gasteiger partial charge in [-0.3, -0.25) is 4.79 Å². The van der Waals surface area contributed by atoms with Crippen LogP contribution in [0.25, 0.3) is 0 Å². The first-order chi connectivity index (χ1) is 8.00. The molecule has 98 valence electrons. The second-order valence-corrected chi connectivity index (χ2v) is 5.03. The molecule has 0 bridgehead atoms. The van der Waals surface area contributed by atoms with Gasteiger partial charge in [0.15, 0.2) is 0 Å². The summed E-state index contributed by atoms with van der Waals surface area (Å²) < 4.78 is 0. The molecule has 0 aromatic heterocycles. The Morgan fingerprint density at radius 1 is 1.41 bits per heavy atom. The minimum atomic E-state index is -0.956. The van der Waals surface area contributed by atoms with Crippen molar-refractivity contribution >= 4 is 11.9 Å². The molecule has 0 aliphatic carbocycles. The van der Waals surface area contributed by atoms with Gasteiger partial charge in [0.1, 0.15) is 6.04 Å². The topological polar surface area (TPSA) is 78.4 Å². The van der Waals surface area contributed by atoms with E-state index in [0.29, 0.717) is 6.42 Å². The standard InChI is InChI=1S/C12H22N2O3/c1-8(2)7-10(12(16)17)14-11(15)9-5-3-4-6-13-9/h8-10,13H,3-7H2,1-2H3,(H,14,15)(H,16,17)/t9-,10-/m0/s1. The third-order valence-corrected chi connectivity index (χ3v) is 2.95. The van der Waals surface area contributed by atoms with E-state index in [1.807, 2.05) is 13.8 Å². The predicted octanol–water partition coefficient (Wildman–Crippen LogP) is 0.744. The van der Waals surface area contributed by atoms with Crippen LogP contribution in [0.4, 0.5) is 0 Å². The van der Waals surface area contributed by atoms with E-state index in [0.717, 1.165) is 25.8 Å². The molecule has 3 N–H and O–H groups in total. The normalized spacial score (nSPS) is 22.2. The van der Waals surface area contributed by atoms with Crippen molar-refractivity contribution < 1.29 is 14.7 Å². The lowest BCUT2D eigenvalue weighted by Gasteiger charge is -2.25. The van der Waals surface area contributed by atoms with Crippen LogP contribution in [-0.2, 0) is 9.59 Å². The molecule has 0 spiro atoms. The fraction of sp³-hybridized carbons (Fsp3) is 0.833. The number of carbonyl (C=O) groups excluding carboxylic acids is 1. The molecular weight excluding hydrogens is 220 g/mol. The molecule has 1 saturated heterocycles. The molecule has 0 radical (unpaired) electrons. The fourth-order valence-corrected chi connectivity index (χ4v) is 2.04. The van der Waals surface area contributed by atoms with Gasteiger partial charge in [0.25, 0.3) is 0 Å². The van der Waals surface area contributed by atoms with Gasteiger partial charge in [0, 0.05) is 0 Å². The quantitative estimate of drug-likeness (QED) is 0.664. The van der Waals surface area contributed by atoms with Crippen molar-refractivity contribution in [2.75, 3.05) is 6.54 Å². The highest BCUT2D eigenvalue weighted by Gasteiger charge is 2.26. The Balaban J connectivity index is 2.47. The van der Waals surface area contributed by atoms with Crippen molar-refractivity contribution in [2.24, 2.45) is 5.92 Å². The van der Waals surface area contributed by atoms with Gasteiger partial charge in [-0.1, -0.05) is 20.3 Å². The number of carboxylic acid groups (broad SMARTS) is 1. The number of hydrogen-bond donors (Lipinski definition) is 3. The summed E-state index contributed by atoms with van der Waals surface area (Å²) in [5.74, 6) is -0.892. The Morgan fingerprint density at radius 2 is 2.12 bits per heavy atom. The first-order valence-corrected chi connectivity index (χ1v) is 6.27. The van der Waals surface area contributed by atoms with Gasteiger partial charge in [-0.25, -0.2) is 4.79 Å². The Hall–Kier alpha value is -1.10. The van der Waals surface area contributed by atoms with Crippen molar-refractivity contribution in [3.05, 3.63) is 0 Å². The zero-order chi connectivity index (χ0) is 12.8. The second kappa shape index (κ2) is 6.59. The minimum absolute atomic E-state index is 0.183. The van der Waals surface area contributed by atoms with Crippen molar-refractivity contribution in [1.29, 1.82) is 0 Å². The summed E-state index contributed by atoms with van der Waals surface area (Å²) in [4.78, 5) is 22.9. The molecule has 1 fully saturated rings. The highest BCUT2D eigenvalue weighted by atomic mass is 16.4. The van der Waals surface area contributed by atoms with E-state index in [9.17, 15) is 9.59 Å². The van der Waals surface area contributed by atoms with E-state index in [4.69, 9.17) is 5.11 Å². The summed E-state index contributed by atoms with van der Waals surface area (Å²) in [7, 11) is 0. The molecule has 1 amide bonds. The molecule has 1 heterocycles. The number of amides is 1. The van der Waals surface area contributed by atoms with Gasteiger partial charge in [0.2, 0.25) is 5.91 Å². The van der Waals surface area contributed by atoms with Crippen molar-refractivity contribution in [1.82, 2.24) is 10.6 Å². The summed E-state index contributed by atoms with van der Waals surface area (Å²) in [6, 6.07) is -0.996. The van der Waals surface area contributed by atoms with Crippen LogP contribution >= 0.6 is 0 Å². The Bertz CT molecular complexity index is 273. The molecule has 1 aliphatic rings. The summed E-state index contributed by atoms with van der Waals surface area (Å²) in [5.41, 5.74) is 0. The maximum absolute atomic E-state index is 11.9. The third kappa shape index (κ3) is 4.73. The molecule has 0 aromatic carbocycles. The van der Waals surface area contributed by atoms with Gasteiger partial charge >= 0.3 is 5.97 Å². The maximum Gasteiger partial charge on any atom is 0.326 e. The lowest BCUT2D eigenvalue weighted by atomic mass is 10.0. The van der Waals surface area contributed by atoms with E-state index in [-0.39, 0.29) is 17.9 Å². The number of piperidine rings is 1. The van der Waals surface area contributed by atoms with Crippen LogP contribution in [0, 0.1) is 5.92 Å². The summed E-state index contributed by atoms with van der Waals surface area (Å²) >= 11 is 0. The van der Waals surface area contributed by atoms with Crippen LogP contribution in [-0.4, -0.2) is 35.6 Å². The van der Waals surface area contributed by atoms with Gasteiger partial charge < -0.3 is 15.7 Å². The number of hydrogen-bond acceptors (Lipinski definition) is 3.